The molecule has 144 valence electrons. The third kappa shape index (κ3) is 4.06. The number of esters is 1. The summed E-state index contributed by atoms with van der Waals surface area (Å²) >= 11 is 0. The molecule has 0 radical (unpaired) electrons. The zero-order chi connectivity index (χ0) is 20.1. The van der Waals surface area contributed by atoms with Crippen molar-refractivity contribution in [2.75, 3.05) is 19.5 Å². The van der Waals surface area contributed by atoms with E-state index in [2.05, 4.69) is 5.32 Å². The van der Waals surface area contributed by atoms with Crippen LogP contribution in [-0.2, 0) is 9.53 Å². The van der Waals surface area contributed by atoms with Gasteiger partial charge in [0.1, 0.15) is 5.56 Å². The van der Waals surface area contributed by atoms with E-state index in [4.69, 9.17) is 14.2 Å². The Bertz CT molecular complexity index is 1010. The van der Waals surface area contributed by atoms with E-state index < -0.39 is 18.0 Å². The summed E-state index contributed by atoms with van der Waals surface area (Å²) < 4.78 is 15.7. The van der Waals surface area contributed by atoms with E-state index in [0.29, 0.717) is 11.4 Å². The van der Waals surface area contributed by atoms with Crippen LogP contribution in [-0.4, -0.2) is 32.2 Å². The van der Waals surface area contributed by atoms with Crippen LogP contribution in [0, 0.1) is 0 Å². The molecular formula is C22H21NO5. The van der Waals surface area contributed by atoms with Gasteiger partial charge < -0.3 is 19.5 Å². The van der Waals surface area contributed by atoms with Crippen LogP contribution in [0.1, 0.15) is 17.3 Å². The highest BCUT2D eigenvalue weighted by Gasteiger charge is 2.23. The average molecular weight is 379 g/mol. The second-order valence-electron chi connectivity index (χ2n) is 6.14. The van der Waals surface area contributed by atoms with Gasteiger partial charge in [-0.3, -0.25) is 4.79 Å². The Morgan fingerprint density at radius 3 is 2.36 bits per heavy atom. The van der Waals surface area contributed by atoms with Crippen molar-refractivity contribution in [3.8, 4) is 11.5 Å². The normalized spacial score (nSPS) is 11.5. The van der Waals surface area contributed by atoms with Crippen molar-refractivity contribution >= 4 is 28.3 Å². The van der Waals surface area contributed by atoms with Crippen LogP contribution in [0.4, 0.5) is 5.69 Å². The van der Waals surface area contributed by atoms with Gasteiger partial charge in [-0.2, -0.15) is 0 Å². The minimum Gasteiger partial charge on any atom is -0.493 e. The van der Waals surface area contributed by atoms with E-state index in [1.807, 2.05) is 36.4 Å². The zero-order valence-corrected chi connectivity index (χ0v) is 15.9. The third-order valence-electron chi connectivity index (χ3n) is 4.29. The first-order chi connectivity index (χ1) is 13.5. The maximum absolute atomic E-state index is 12.5. The second kappa shape index (κ2) is 8.43. The van der Waals surface area contributed by atoms with Crippen molar-refractivity contribution < 1.29 is 23.8 Å². The molecule has 0 aliphatic carbocycles. The second-order valence-corrected chi connectivity index (χ2v) is 6.14. The lowest BCUT2D eigenvalue weighted by atomic mass is 10.1. The molecule has 1 unspecified atom stereocenters. The SMILES string of the molecule is COc1cccc(C(=O)OC(C)C(=O)Nc2ccc3ccccc3c2)c1OC. The molecule has 28 heavy (non-hydrogen) atoms. The van der Waals surface area contributed by atoms with Crippen LogP contribution in [0.25, 0.3) is 10.8 Å². The minimum absolute atomic E-state index is 0.187. The van der Waals surface area contributed by atoms with Crippen LogP contribution in [0.5, 0.6) is 11.5 Å². The first-order valence-electron chi connectivity index (χ1n) is 8.75. The Balaban J connectivity index is 1.70. The summed E-state index contributed by atoms with van der Waals surface area (Å²) in [5, 5.41) is 4.85. The molecule has 0 saturated heterocycles. The Labute approximate surface area is 163 Å². The summed E-state index contributed by atoms with van der Waals surface area (Å²) in [7, 11) is 2.91. The van der Waals surface area contributed by atoms with Gasteiger partial charge >= 0.3 is 5.97 Å². The van der Waals surface area contributed by atoms with Gasteiger partial charge in [-0.15, -0.1) is 0 Å². The quantitative estimate of drug-likeness (QED) is 0.654. The van der Waals surface area contributed by atoms with Gasteiger partial charge in [-0.1, -0.05) is 36.4 Å². The first-order valence-corrected chi connectivity index (χ1v) is 8.75. The summed E-state index contributed by atoms with van der Waals surface area (Å²) in [4.78, 5) is 24.9. The van der Waals surface area contributed by atoms with Crippen molar-refractivity contribution in [3.63, 3.8) is 0 Å². The average Bonchev–Trinajstić information content (AvgIpc) is 2.72. The van der Waals surface area contributed by atoms with E-state index in [0.717, 1.165) is 10.8 Å². The smallest absolute Gasteiger partial charge is 0.342 e. The van der Waals surface area contributed by atoms with Crippen molar-refractivity contribution in [3.05, 3.63) is 66.2 Å². The molecular weight excluding hydrogens is 358 g/mol. The molecule has 0 saturated carbocycles. The number of anilines is 1. The maximum atomic E-state index is 12.5. The predicted molar refractivity (Wildman–Crippen MR) is 107 cm³/mol. The number of hydrogen-bond donors (Lipinski definition) is 1. The fourth-order valence-electron chi connectivity index (χ4n) is 2.84. The summed E-state index contributed by atoms with van der Waals surface area (Å²) in [6.07, 6.45) is -0.991. The number of nitrogens with one attached hydrogen (secondary N) is 1. The highest BCUT2D eigenvalue weighted by atomic mass is 16.6. The number of hydrogen-bond acceptors (Lipinski definition) is 5. The van der Waals surface area contributed by atoms with Gasteiger partial charge in [0.25, 0.3) is 5.91 Å². The number of para-hydroxylation sites is 1. The molecule has 0 aromatic heterocycles. The number of fused-ring (bicyclic) bond motifs is 1. The van der Waals surface area contributed by atoms with Crippen molar-refractivity contribution in [2.24, 2.45) is 0 Å². The molecule has 0 aliphatic rings. The van der Waals surface area contributed by atoms with Gasteiger partial charge in [0.05, 0.1) is 14.2 Å². The van der Waals surface area contributed by atoms with Gasteiger partial charge in [0, 0.05) is 5.69 Å². The summed E-state index contributed by atoms with van der Waals surface area (Å²) in [5.41, 5.74) is 0.817. The molecule has 1 atom stereocenters. The molecule has 6 nitrogen and oxygen atoms in total. The fourth-order valence-corrected chi connectivity index (χ4v) is 2.84. The maximum Gasteiger partial charge on any atom is 0.342 e. The lowest BCUT2D eigenvalue weighted by Gasteiger charge is -2.16. The Morgan fingerprint density at radius 2 is 1.64 bits per heavy atom. The number of carbonyl (C=O) groups excluding carboxylic acids is 2. The van der Waals surface area contributed by atoms with Gasteiger partial charge in [0.15, 0.2) is 17.6 Å². The van der Waals surface area contributed by atoms with Crippen LogP contribution in [0.2, 0.25) is 0 Å². The Hall–Kier alpha value is -3.54. The molecule has 0 fully saturated rings. The Morgan fingerprint density at radius 1 is 0.893 bits per heavy atom. The van der Waals surface area contributed by atoms with Crippen LogP contribution in [0.15, 0.2) is 60.7 Å². The summed E-state index contributed by atoms with van der Waals surface area (Å²) in [6, 6.07) is 18.3. The number of ether oxygens (including phenoxy) is 3. The lowest BCUT2D eigenvalue weighted by molar-refractivity contribution is -0.123. The lowest BCUT2D eigenvalue weighted by Crippen LogP contribution is -2.30. The molecule has 3 aromatic carbocycles. The van der Waals surface area contributed by atoms with Crippen LogP contribution < -0.4 is 14.8 Å². The molecule has 1 amide bonds. The topological polar surface area (TPSA) is 73.9 Å². The zero-order valence-electron chi connectivity index (χ0n) is 15.9. The molecule has 3 rings (SSSR count). The van der Waals surface area contributed by atoms with Gasteiger partial charge in [0.2, 0.25) is 0 Å². The first kappa shape index (κ1) is 19.2. The molecule has 6 heteroatoms. The number of rotatable bonds is 6. The minimum atomic E-state index is -0.991. The Kier molecular flexibility index (Phi) is 5.79. The van der Waals surface area contributed by atoms with E-state index in [1.165, 1.54) is 21.1 Å². The predicted octanol–water partition coefficient (Wildman–Crippen LogP) is 4.04. The van der Waals surface area contributed by atoms with Crippen molar-refractivity contribution in [2.45, 2.75) is 13.0 Å². The van der Waals surface area contributed by atoms with Crippen LogP contribution in [0.3, 0.4) is 0 Å². The van der Waals surface area contributed by atoms with E-state index in [-0.39, 0.29) is 11.3 Å². The summed E-state index contributed by atoms with van der Waals surface area (Å²) in [5.74, 6) is -0.426. The monoisotopic (exact) mass is 379 g/mol. The standard InChI is InChI=1S/C22H21NO5/c1-14(28-22(25)18-9-6-10-19(26-2)20(18)27-3)21(24)23-17-12-11-15-7-4-5-8-16(15)13-17/h4-14H,1-3H3,(H,23,24). The van der Waals surface area contributed by atoms with E-state index in [1.54, 1.807) is 24.3 Å². The van der Waals surface area contributed by atoms with E-state index >= 15 is 0 Å². The third-order valence-corrected chi connectivity index (χ3v) is 4.29. The summed E-state index contributed by atoms with van der Waals surface area (Å²) in [6.45, 7) is 1.51. The van der Waals surface area contributed by atoms with Crippen LogP contribution >= 0.6 is 0 Å². The molecule has 0 spiro atoms. The number of methoxy groups -OCH3 is 2. The van der Waals surface area contributed by atoms with Crippen molar-refractivity contribution in [1.29, 1.82) is 0 Å². The number of amides is 1. The number of benzene rings is 3. The molecule has 0 heterocycles. The highest BCUT2D eigenvalue weighted by Crippen LogP contribution is 2.31. The molecule has 0 aliphatic heterocycles. The van der Waals surface area contributed by atoms with Crippen molar-refractivity contribution in [1.82, 2.24) is 0 Å². The van der Waals surface area contributed by atoms with Gasteiger partial charge in [-0.05, 0) is 42.0 Å². The van der Waals surface area contributed by atoms with Gasteiger partial charge in [-0.25, -0.2) is 4.79 Å². The van der Waals surface area contributed by atoms with E-state index in [9.17, 15) is 9.59 Å². The largest absolute Gasteiger partial charge is 0.493 e. The fraction of sp³-hybridized carbons (Fsp3) is 0.182. The molecule has 1 N–H and O–H groups in total. The molecule has 0 bridgehead atoms. The number of carbonyl (C=O) groups is 2. The highest BCUT2D eigenvalue weighted by molar-refractivity contribution is 5.99. The molecule has 3 aromatic rings.